The van der Waals surface area contributed by atoms with E-state index in [9.17, 15) is 5.11 Å². The number of ether oxygens (including phenoxy) is 2. The molecule has 1 N–H and O–H groups in total. The van der Waals surface area contributed by atoms with Gasteiger partial charge in [0.2, 0.25) is 0 Å². The molecule has 0 amide bonds. The Morgan fingerprint density at radius 2 is 1.94 bits per heavy atom. The highest BCUT2D eigenvalue weighted by molar-refractivity contribution is 5.27. The van der Waals surface area contributed by atoms with E-state index in [4.69, 9.17) is 9.47 Å². The molecule has 0 aliphatic carbocycles. The van der Waals surface area contributed by atoms with Crippen LogP contribution in [0.1, 0.15) is 25.3 Å². The van der Waals surface area contributed by atoms with Crippen LogP contribution >= 0.6 is 0 Å². The van der Waals surface area contributed by atoms with E-state index in [0.717, 1.165) is 12.8 Å². The van der Waals surface area contributed by atoms with E-state index in [2.05, 4.69) is 12.1 Å². The quantitative estimate of drug-likeness (QED) is 0.870. The smallest absolute Gasteiger partial charge is 0.0871 e. The van der Waals surface area contributed by atoms with Crippen LogP contribution in [0.15, 0.2) is 30.3 Å². The molecule has 0 bridgehead atoms. The number of benzene rings is 1. The SMILES string of the molecule is CCOCC(O)C1(c2ccccc2)CCOCC1. The third-order valence-corrected chi connectivity index (χ3v) is 3.85. The molecule has 2 rings (SSSR count). The largest absolute Gasteiger partial charge is 0.390 e. The Balaban J connectivity index is 2.22. The molecule has 0 aromatic heterocycles. The third kappa shape index (κ3) is 2.74. The molecule has 1 unspecified atom stereocenters. The number of rotatable bonds is 5. The molecule has 0 spiro atoms. The predicted octanol–water partition coefficient (Wildman–Crippen LogP) is 2.13. The van der Waals surface area contributed by atoms with Crippen molar-refractivity contribution in [3.8, 4) is 0 Å². The van der Waals surface area contributed by atoms with Crippen LogP contribution in [0.5, 0.6) is 0 Å². The molecule has 1 heterocycles. The maximum Gasteiger partial charge on any atom is 0.0871 e. The standard InChI is InChI=1S/C15H22O3/c1-2-17-12-14(16)15(8-10-18-11-9-15)13-6-4-3-5-7-13/h3-7,14,16H,2,8-12H2,1H3. The fourth-order valence-corrected chi connectivity index (χ4v) is 2.71. The molecular formula is C15H22O3. The zero-order valence-corrected chi connectivity index (χ0v) is 11.0. The second-order valence-corrected chi connectivity index (χ2v) is 4.81. The van der Waals surface area contributed by atoms with Crippen LogP contribution in [0.4, 0.5) is 0 Å². The van der Waals surface area contributed by atoms with Gasteiger partial charge in [-0.3, -0.25) is 0 Å². The maximum atomic E-state index is 10.5. The molecular weight excluding hydrogens is 228 g/mol. The third-order valence-electron chi connectivity index (χ3n) is 3.85. The molecule has 0 saturated carbocycles. The molecule has 1 aliphatic heterocycles. The van der Waals surface area contributed by atoms with Gasteiger partial charge in [-0.1, -0.05) is 30.3 Å². The highest BCUT2D eigenvalue weighted by Crippen LogP contribution is 2.38. The molecule has 1 fully saturated rings. The first-order chi connectivity index (χ1) is 8.79. The first kappa shape index (κ1) is 13.5. The lowest BCUT2D eigenvalue weighted by atomic mass is 9.70. The first-order valence-corrected chi connectivity index (χ1v) is 6.68. The van der Waals surface area contributed by atoms with Crippen molar-refractivity contribution in [2.75, 3.05) is 26.4 Å². The summed E-state index contributed by atoms with van der Waals surface area (Å²) < 4.78 is 10.9. The van der Waals surface area contributed by atoms with Gasteiger partial charge < -0.3 is 14.6 Å². The lowest BCUT2D eigenvalue weighted by Crippen LogP contribution is -2.46. The molecule has 1 aliphatic rings. The monoisotopic (exact) mass is 250 g/mol. The fraction of sp³-hybridized carbons (Fsp3) is 0.600. The topological polar surface area (TPSA) is 38.7 Å². The highest BCUT2D eigenvalue weighted by Gasteiger charge is 2.41. The zero-order chi connectivity index (χ0) is 12.8. The predicted molar refractivity (Wildman–Crippen MR) is 70.7 cm³/mol. The van der Waals surface area contributed by atoms with Crippen molar-refractivity contribution >= 4 is 0 Å². The van der Waals surface area contributed by atoms with E-state index in [0.29, 0.717) is 26.4 Å². The average Bonchev–Trinajstić information content (AvgIpc) is 2.46. The van der Waals surface area contributed by atoms with Gasteiger partial charge in [-0.15, -0.1) is 0 Å². The second kappa shape index (κ2) is 6.32. The van der Waals surface area contributed by atoms with Gasteiger partial charge in [-0.05, 0) is 25.3 Å². The van der Waals surface area contributed by atoms with Crippen molar-refractivity contribution in [1.29, 1.82) is 0 Å². The molecule has 3 heteroatoms. The minimum atomic E-state index is -0.469. The van der Waals surface area contributed by atoms with Crippen LogP contribution in [-0.4, -0.2) is 37.6 Å². The molecule has 1 aromatic carbocycles. The van der Waals surface area contributed by atoms with E-state index >= 15 is 0 Å². The Labute approximate surface area is 109 Å². The fourth-order valence-electron chi connectivity index (χ4n) is 2.71. The van der Waals surface area contributed by atoms with Crippen LogP contribution in [0.25, 0.3) is 0 Å². The van der Waals surface area contributed by atoms with Crippen LogP contribution in [-0.2, 0) is 14.9 Å². The molecule has 1 atom stereocenters. The summed E-state index contributed by atoms with van der Waals surface area (Å²) in [7, 11) is 0. The normalized spacial score (nSPS) is 20.6. The van der Waals surface area contributed by atoms with Crippen molar-refractivity contribution in [2.45, 2.75) is 31.3 Å². The lowest BCUT2D eigenvalue weighted by Gasteiger charge is -2.41. The summed E-state index contributed by atoms with van der Waals surface area (Å²) in [6.07, 6.45) is 1.24. The van der Waals surface area contributed by atoms with E-state index in [1.54, 1.807) is 0 Å². The van der Waals surface area contributed by atoms with Crippen LogP contribution < -0.4 is 0 Å². The maximum absolute atomic E-state index is 10.5. The lowest BCUT2D eigenvalue weighted by molar-refractivity contribution is -0.0520. The van der Waals surface area contributed by atoms with E-state index < -0.39 is 6.10 Å². The van der Waals surface area contributed by atoms with Gasteiger partial charge in [0.25, 0.3) is 0 Å². The van der Waals surface area contributed by atoms with E-state index in [1.807, 2.05) is 25.1 Å². The molecule has 100 valence electrons. The van der Waals surface area contributed by atoms with Gasteiger partial charge in [-0.25, -0.2) is 0 Å². The summed E-state index contributed by atoms with van der Waals surface area (Å²) >= 11 is 0. The van der Waals surface area contributed by atoms with Crippen molar-refractivity contribution in [3.63, 3.8) is 0 Å². The van der Waals surface area contributed by atoms with Gasteiger partial charge in [0.1, 0.15) is 0 Å². The first-order valence-electron chi connectivity index (χ1n) is 6.68. The van der Waals surface area contributed by atoms with Gasteiger partial charge in [0.05, 0.1) is 12.7 Å². The molecule has 1 saturated heterocycles. The zero-order valence-electron chi connectivity index (χ0n) is 11.0. The summed E-state index contributed by atoms with van der Waals surface area (Å²) in [6.45, 7) is 4.39. The second-order valence-electron chi connectivity index (χ2n) is 4.81. The minimum Gasteiger partial charge on any atom is -0.390 e. The number of aliphatic hydroxyl groups excluding tert-OH is 1. The Morgan fingerprint density at radius 3 is 2.56 bits per heavy atom. The molecule has 18 heavy (non-hydrogen) atoms. The van der Waals surface area contributed by atoms with Crippen molar-refractivity contribution < 1.29 is 14.6 Å². The summed E-state index contributed by atoms with van der Waals surface area (Å²) in [4.78, 5) is 0. The summed E-state index contributed by atoms with van der Waals surface area (Å²) in [6, 6.07) is 10.3. The Kier molecular flexibility index (Phi) is 4.75. The van der Waals surface area contributed by atoms with Gasteiger partial charge >= 0.3 is 0 Å². The Bertz CT molecular complexity index is 344. The summed E-state index contributed by atoms with van der Waals surface area (Å²) in [5.41, 5.74) is 0.981. The summed E-state index contributed by atoms with van der Waals surface area (Å²) in [5, 5.41) is 10.5. The van der Waals surface area contributed by atoms with Crippen LogP contribution in [0.3, 0.4) is 0 Å². The Morgan fingerprint density at radius 1 is 1.28 bits per heavy atom. The van der Waals surface area contributed by atoms with Crippen molar-refractivity contribution in [3.05, 3.63) is 35.9 Å². The van der Waals surface area contributed by atoms with E-state index in [-0.39, 0.29) is 5.41 Å². The number of aliphatic hydroxyl groups is 1. The van der Waals surface area contributed by atoms with Crippen molar-refractivity contribution in [1.82, 2.24) is 0 Å². The van der Waals surface area contributed by atoms with Gasteiger partial charge in [0, 0.05) is 25.2 Å². The average molecular weight is 250 g/mol. The van der Waals surface area contributed by atoms with E-state index in [1.165, 1.54) is 5.56 Å². The molecule has 0 radical (unpaired) electrons. The minimum absolute atomic E-state index is 0.214. The van der Waals surface area contributed by atoms with Crippen LogP contribution in [0, 0.1) is 0 Å². The van der Waals surface area contributed by atoms with Gasteiger partial charge in [0.15, 0.2) is 0 Å². The number of hydrogen-bond donors (Lipinski definition) is 1. The molecule has 1 aromatic rings. The van der Waals surface area contributed by atoms with Gasteiger partial charge in [-0.2, -0.15) is 0 Å². The van der Waals surface area contributed by atoms with Crippen LogP contribution in [0.2, 0.25) is 0 Å². The summed E-state index contributed by atoms with van der Waals surface area (Å²) in [5.74, 6) is 0. The molecule has 3 nitrogen and oxygen atoms in total. The highest BCUT2D eigenvalue weighted by atomic mass is 16.5. The Hall–Kier alpha value is -0.900. The number of hydrogen-bond acceptors (Lipinski definition) is 3. The van der Waals surface area contributed by atoms with Crippen molar-refractivity contribution in [2.24, 2.45) is 0 Å².